The lowest BCUT2D eigenvalue weighted by molar-refractivity contribution is 0.415. The molecule has 5 nitrogen and oxygen atoms in total. The molecule has 0 aliphatic heterocycles. The van der Waals surface area contributed by atoms with Gasteiger partial charge in [-0.1, -0.05) is 0 Å². The summed E-state index contributed by atoms with van der Waals surface area (Å²) in [4.78, 5) is 0.0537. The van der Waals surface area contributed by atoms with Crippen molar-refractivity contribution in [3.8, 4) is 11.5 Å². The largest absolute Gasteiger partial charge is 0.768 e. The Labute approximate surface area is 100 Å². The maximum atomic E-state index is 11.1. The second-order valence-corrected chi connectivity index (χ2v) is 4.37. The van der Waals surface area contributed by atoms with Crippen LogP contribution in [0.1, 0.15) is 0 Å². The Bertz CT molecular complexity index is 612. The number of fused-ring (bicyclic) bond motifs is 1. The molecule has 0 aliphatic rings. The minimum atomic E-state index is -2.41. The smallest absolute Gasteiger partial charge is 0.146 e. The van der Waals surface area contributed by atoms with Crippen LogP contribution in [0.5, 0.6) is 11.5 Å². The third-order valence-electron chi connectivity index (χ3n) is 2.49. The molecule has 6 heteroatoms. The van der Waals surface area contributed by atoms with E-state index < -0.39 is 11.1 Å². The SMILES string of the molecule is COc1ccc2c(S(=O)[O-])cc(N)c(O)c2c1. The Hall–Kier alpha value is -1.79. The second-order valence-electron chi connectivity index (χ2n) is 3.46. The van der Waals surface area contributed by atoms with Crippen LogP contribution in [0.4, 0.5) is 5.69 Å². The van der Waals surface area contributed by atoms with Crippen molar-refractivity contribution < 1.29 is 18.6 Å². The highest BCUT2D eigenvalue weighted by Crippen LogP contribution is 2.36. The van der Waals surface area contributed by atoms with E-state index in [-0.39, 0.29) is 16.3 Å². The van der Waals surface area contributed by atoms with E-state index >= 15 is 0 Å². The quantitative estimate of drug-likeness (QED) is 0.478. The molecule has 0 saturated carbocycles. The minimum absolute atomic E-state index is 0.0185. The van der Waals surface area contributed by atoms with E-state index in [2.05, 4.69) is 0 Å². The van der Waals surface area contributed by atoms with Crippen molar-refractivity contribution in [2.24, 2.45) is 0 Å². The highest BCUT2D eigenvalue weighted by atomic mass is 32.2. The Balaban J connectivity index is 2.88. The van der Waals surface area contributed by atoms with Gasteiger partial charge in [-0.3, -0.25) is 4.21 Å². The number of nitrogens with two attached hydrogens (primary N) is 1. The van der Waals surface area contributed by atoms with Gasteiger partial charge < -0.3 is 20.1 Å². The fourth-order valence-electron chi connectivity index (χ4n) is 1.64. The van der Waals surface area contributed by atoms with E-state index in [1.54, 1.807) is 12.1 Å². The molecule has 0 saturated heterocycles. The first kappa shape index (κ1) is 11.7. The third-order valence-corrected chi connectivity index (χ3v) is 3.18. The van der Waals surface area contributed by atoms with Crippen molar-refractivity contribution in [1.82, 2.24) is 0 Å². The first-order chi connectivity index (χ1) is 8.04. The van der Waals surface area contributed by atoms with Gasteiger partial charge in [0.05, 0.1) is 12.8 Å². The van der Waals surface area contributed by atoms with Gasteiger partial charge in [0.1, 0.15) is 11.5 Å². The number of methoxy groups -OCH3 is 1. The van der Waals surface area contributed by atoms with Gasteiger partial charge in [-0.25, -0.2) is 0 Å². The summed E-state index contributed by atoms with van der Waals surface area (Å²) in [6.07, 6.45) is 0. The summed E-state index contributed by atoms with van der Waals surface area (Å²) in [7, 11) is 1.48. The van der Waals surface area contributed by atoms with Crippen LogP contribution in [0.15, 0.2) is 29.2 Å². The van der Waals surface area contributed by atoms with Gasteiger partial charge >= 0.3 is 0 Å². The molecule has 0 spiro atoms. The fraction of sp³-hybridized carbons (Fsp3) is 0.0909. The normalized spacial score (nSPS) is 12.6. The van der Waals surface area contributed by atoms with Crippen molar-refractivity contribution in [3.63, 3.8) is 0 Å². The molecule has 0 aromatic heterocycles. The van der Waals surface area contributed by atoms with Crippen molar-refractivity contribution in [2.45, 2.75) is 4.90 Å². The summed E-state index contributed by atoms with van der Waals surface area (Å²) in [5.74, 6) is 0.370. The Morgan fingerprint density at radius 2 is 2.06 bits per heavy atom. The number of hydrogen-bond donors (Lipinski definition) is 2. The number of ether oxygens (including phenoxy) is 1. The van der Waals surface area contributed by atoms with E-state index in [4.69, 9.17) is 10.5 Å². The number of phenolic OH excluding ortho intramolecular Hbond substituents is 1. The van der Waals surface area contributed by atoms with Crippen molar-refractivity contribution >= 4 is 27.5 Å². The molecule has 0 aliphatic carbocycles. The van der Waals surface area contributed by atoms with Crippen LogP contribution in [-0.2, 0) is 11.1 Å². The van der Waals surface area contributed by atoms with Gasteiger partial charge in [0.2, 0.25) is 0 Å². The van der Waals surface area contributed by atoms with Crippen LogP contribution in [0.25, 0.3) is 10.8 Å². The van der Waals surface area contributed by atoms with Gasteiger partial charge in [0.25, 0.3) is 0 Å². The van der Waals surface area contributed by atoms with Crippen molar-refractivity contribution in [2.75, 3.05) is 12.8 Å². The van der Waals surface area contributed by atoms with E-state index in [1.165, 1.54) is 19.2 Å². The molecule has 2 aromatic carbocycles. The maximum absolute atomic E-state index is 11.1. The van der Waals surface area contributed by atoms with Gasteiger partial charge in [-0.05, 0) is 35.3 Å². The Kier molecular flexibility index (Phi) is 2.91. The summed E-state index contributed by atoms with van der Waals surface area (Å²) in [5.41, 5.74) is 5.57. The first-order valence-corrected chi connectivity index (χ1v) is 5.80. The van der Waals surface area contributed by atoms with Crippen LogP contribution < -0.4 is 10.5 Å². The third kappa shape index (κ3) is 1.92. The van der Waals surface area contributed by atoms with Crippen LogP contribution in [0.2, 0.25) is 0 Å². The predicted octanol–water partition coefficient (Wildman–Crippen LogP) is 1.37. The predicted molar refractivity (Wildman–Crippen MR) is 63.8 cm³/mol. The summed E-state index contributed by atoms with van der Waals surface area (Å²) in [6, 6.07) is 5.96. The van der Waals surface area contributed by atoms with Crippen molar-refractivity contribution in [1.29, 1.82) is 0 Å². The van der Waals surface area contributed by atoms with Gasteiger partial charge in [-0.15, -0.1) is 0 Å². The number of phenols is 1. The molecule has 1 unspecified atom stereocenters. The van der Waals surface area contributed by atoms with Crippen molar-refractivity contribution in [3.05, 3.63) is 24.3 Å². The summed E-state index contributed by atoms with van der Waals surface area (Å²) < 4.78 is 27.1. The van der Waals surface area contributed by atoms with E-state index in [9.17, 15) is 13.9 Å². The zero-order valence-electron chi connectivity index (χ0n) is 8.97. The average molecular weight is 252 g/mol. The average Bonchev–Trinajstić information content (AvgIpc) is 2.32. The van der Waals surface area contributed by atoms with Crippen LogP contribution in [-0.4, -0.2) is 21.0 Å². The van der Waals surface area contributed by atoms with Gasteiger partial charge in [-0.2, -0.15) is 0 Å². The first-order valence-electron chi connectivity index (χ1n) is 4.73. The lowest BCUT2D eigenvalue weighted by Crippen LogP contribution is -1.95. The molecule has 2 rings (SSSR count). The molecule has 0 heterocycles. The zero-order chi connectivity index (χ0) is 12.6. The molecule has 90 valence electrons. The van der Waals surface area contributed by atoms with Crippen LogP contribution in [0.3, 0.4) is 0 Å². The lowest BCUT2D eigenvalue weighted by atomic mass is 10.1. The second kappa shape index (κ2) is 4.23. The monoisotopic (exact) mass is 252 g/mol. The molecular weight excluding hydrogens is 242 g/mol. The van der Waals surface area contributed by atoms with E-state index in [1.807, 2.05) is 0 Å². The highest BCUT2D eigenvalue weighted by molar-refractivity contribution is 7.79. The molecule has 0 fully saturated rings. The molecule has 2 aromatic rings. The Morgan fingerprint density at radius 1 is 1.35 bits per heavy atom. The molecule has 1 atom stereocenters. The fourth-order valence-corrected chi connectivity index (χ4v) is 2.22. The van der Waals surface area contributed by atoms with Crippen LogP contribution >= 0.6 is 0 Å². The van der Waals surface area contributed by atoms with E-state index in [0.29, 0.717) is 16.5 Å². The summed E-state index contributed by atoms with van der Waals surface area (Å²) in [6.45, 7) is 0. The molecule has 0 bridgehead atoms. The number of nitrogen functional groups attached to an aromatic ring is 1. The molecule has 0 radical (unpaired) electrons. The zero-order valence-corrected chi connectivity index (χ0v) is 9.78. The molecular formula is C11H10NO4S-. The van der Waals surface area contributed by atoms with Gasteiger partial charge in [0.15, 0.2) is 0 Å². The molecule has 3 N–H and O–H groups in total. The lowest BCUT2D eigenvalue weighted by Gasteiger charge is -2.13. The molecule has 17 heavy (non-hydrogen) atoms. The number of anilines is 1. The standard InChI is InChI=1S/C11H11NO4S/c1-16-6-2-3-7-8(4-6)11(13)9(12)5-10(7)17(14)15/h2-5,13H,12H2,1H3,(H,14,15)/p-1. The molecule has 0 amide bonds. The number of rotatable bonds is 2. The number of hydrogen-bond acceptors (Lipinski definition) is 5. The maximum Gasteiger partial charge on any atom is 0.146 e. The summed E-state index contributed by atoms with van der Waals surface area (Å²) in [5, 5.41) is 10.6. The number of benzene rings is 2. The van der Waals surface area contributed by atoms with E-state index in [0.717, 1.165) is 0 Å². The number of aromatic hydroxyl groups is 1. The highest BCUT2D eigenvalue weighted by Gasteiger charge is 2.11. The van der Waals surface area contributed by atoms with Gasteiger partial charge in [0, 0.05) is 15.7 Å². The Morgan fingerprint density at radius 3 is 2.65 bits per heavy atom. The minimum Gasteiger partial charge on any atom is -0.768 e. The topological polar surface area (TPSA) is 95.6 Å². The van der Waals surface area contributed by atoms with Crippen LogP contribution in [0, 0.1) is 0 Å². The summed E-state index contributed by atoms with van der Waals surface area (Å²) >= 11 is -2.41.